The summed E-state index contributed by atoms with van der Waals surface area (Å²) in [5.74, 6) is -0.363. The van der Waals surface area contributed by atoms with E-state index < -0.39 is 6.04 Å². The Morgan fingerprint density at radius 1 is 1.53 bits per heavy atom. The number of likely N-dealkylation sites (tertiary alicyclic amines) is 1. The van der Waals surface area contributed by atoms with Crippen LogP contribution in [0, 0.1) is 5.82 Å². The normalized spacial score (nSPS) is 26.1. The highest BCUT2D eigenvalue weighted by atomic mass is 19.1. The summed E-state index contributed by atoms with van der Waals surface area (Å²) in [6, 6.07) is 5.75. The van der Waals surface area contributed by atoms with E-state index in [2.05, 4.69) is 0 Å². The molecule has 1 fully saturated rings. The molecule has 3 nitrogen and oxygen atoms in total. The first-order chi connectivity index (χ1) is 7.09. The number of halogens is 1. The largest absolute Gasteiger partial charge is 0.337 e. The minimum Gasteiger partial charge on any atom is -0.337 e. The van der Waals surface area contributed by atoms with Crippen LogP contribution in [0.2, 0.25) is 0 Å². The smallest absolute Gasteiger partial charge is 0.239 e. The summed E-state index contributed by atoms with van der Waals surface area (Å²) in [5.41, 5.74) is 6.45. The van der Waals surface area contributed by atoms with Crippen LogP contribution < -0.4 is 5.73 Å². The van der Waals surface area contributed by atoms with Gasteiger partial charge in [-0.25, -0.2) is 4.39 Å². The van der Waals surface area contributed by atoms with Crippen LogP contribution in [0.5, 0.6) is 0 Å². The van der Waals surface area contributed by atoms with Crippen LogP contribution in [0.1, 0.15) is 18.0 Å². The van der Waals surface area contributed by atoms with Crippen LogP contribution in [0.4, 0.5) is 4.39 Å². The van der Waals surface area contributed by atoms with Crippen LogP contribution in [0.3, 0.4) is 0 Å². The number of nitrogens with zero attached hydrogens (tertiary/aromatic N) is 1. The predicted molar refractivity (Wildman–Crippen MR) is 54.5 cm³/mol. The van der Waals surface area contributed by atoms with Crippen LogP contribution in [-0.4, -0.2) is 23.9 Å². The van der Waals surface area contributed by atoms with Gasteiger partial charge in [0.05, 0.1) is 12.1 Å². The van der Waals surface area contributed by atoms with E-state index in [1.54, 1.807) is 18.0 Å². The fraction of sp³-hybridized carbons (Fsp3) is 0.364. The number of nitrogens with two attached hydrogens (primary N) is 1. The second kappa shape index (κ2) is 3.62. The van der Waals surface area contributed by atoms with Crippen molar-refractivity contribution in [3.63, 3.8) is 0 Å². The highest BCUT2D eigenvalue weighted by Crippen LogP contribution is 2.30. The second-order valence-electron chi connectivity index (χ2n) is 3.86. The third-order valence-corrected chi connectivity index (χ3v) is 2.84. The van der Waals surface area contributed by atoms with Gasteiger partial charge in [-0.3, -0.25) is 4.79 Å². The molecule has 4 heteroatoms. The van der Waals surface area contributed by atoms with Gasteiger partial charge in [0.25, 0.3) is 0 Å². The van der Waals surface area contributed by atoms with Gasteiger partial charge in [0.1, 0.15) is 5.82 Å². The summed E-state index contributed by atoms with van der Waals surface area (Å²) >= 11 is 0. The van der Waals surface area contributed by atoms with Gasteiger partial charge in [-0.15, -0.1) is 0 Å². The summed E-state index contributed by atoms with van der Waals surface area (Å²) < 4.78 is 13.0. The molecule has 2 rings (SSSR count). The Labute approximate surface area is 87.7 Å². The maximum Gasteiger partial charge on any atom is 0.239 e. The lowest BCUT2D eigenvalue weighted by atomic mass is 10.0. The molecule has 15 heavy (non-hydrogen) atoms. The average molecular weight is 208 g/mol. The van der Waals surface area contributed by atoms with Crippen molar-refractivity contribution < 1.29 is 9.18 Å². The third kappa shape index (κ3) is 1.72. The molecule has 80 valence electrons. The van der Waals surface area contributed by atoms with Crippen molar-refractivity contribution in [3.05, 3.63) is 35.6 Å². The maximum absolute atomic E-state index is 13.0. The lowest BCUT2D eigenvalue weighted by Gasteiger charge is -2.19. The molecule has 2 N–H and O–H groups in total. The first-order valence-corrected chi connectivity index (χ1v) is 4.87. The van der Waals surface area contributed by atoms with Crippen molar-refractivity contribution in [2.45, 2.75) is 18.5 Å². The second-order valence-corrected chi connectivity index (χ2v) is 3.86. The number of likely N-dealkylation sites (N-methyl/N-ethyl adjacent to an activating group) is 1. The summed E-state index contributed by atoms with van der Waals surface area (Å²) in [6.07, 6.45) is 0.554. The molecular formula is C11H13FN2O. The van der Waals surface area contributed by atoms with E-state index in [9.17, 15) is 9.18 Å². The fourth-order valence-electron chi connectivity index (χ4n) is 1.99. The Balaban J connectivity index is 2.29. The molecule has 1 aromatic carbocycles. The Kier molecular flexibility index (Phi) is 2.44. The fourth-order valence-corrected chi connectivity index (χ4v) is 1.99. The van der Waals surface area contributed by atoms with Gasteiger partial charge in [0.2, 0.25) is 5.91 Å². The standard InChI is InChI=1S/C11H13FN2O/c1-14-10(6-9(13)11(14)15)7-3-2-4-8(12)5-7/h2-5,9-10H,6,13H2,1H3/t9-,10+/m1/s1. The predicted octanol–water partition coefficient (Wildman–Crippen LogP) is 1.06. The zero-order valence-corrected chi connectivity index (χ0v) is 8.48. The SMILES string of the molecule is CN1C(=O)[C@H](N)C[C@H]1c1cccc(F)c1. The molecule has 0 aromatic heterocycles. The Bertz CT molecular complexity index is 394. The summed E-state index contributed by atoms with van der Waals surface area (Å²) in [7, 11) is 1.70. The summed E-state index contributed by atoms with van der Waals surface area (Å²) in [5, 5.41) is 0. The van der Waals surface area contributed by atoms with Crippen molar-refractivity contribution in [2.75, 3.05) is 7.05 Å². The molecule has 0 saturated carbocycles. The lowest BCUT2D eigenvalue weighted by Crippen LogP contribution is -2.31. The highest BCUT2D eigenvalue weighted by molar-refractivity contribution is 5.84. The van der Waals surface area contributed by atoms with E-state index >= 15 is 0 Å². The van der Waals surface area contributed by atoms with Gasteiger partial charge in [0, 0.05) is 7.05 Å². The van der Waals surface area contributed by atoms with Crippen molar-refractivity contribution in [2.24, 2.45) is 5.73 Å². The van der Waals surface area contributed by atoms with Crippen molar-refractivity contribution in [1.82, 2.24) is 4.90 Å². The Morgan fingerprint density at radius 3 is 2.80 bits per heavy atom. The molecule has 1 aliphatic heterocycles. The van der Waals surface area contributed by atoms with Crippen LogP contribution in [0.15, 0.2) is 24.3 Å². The number of carbonyl (C=O) groups is 1. The van der Waals surface area contributed by atoms with E-state index in [-0.39, 0.29) is 17.8 Å². The van der Waals surface area contributed by atoms with Crippen molar-refractivity contribution >= 4 is 5.91 Å². The molecule has 2 atom stereocenters. The molecule has 1 aromatic rings. The molecule has 1 aliphatic rings. The van der Waals surface area contributed by atoms with Crippen molar-refractivity contribution in [1.29, 1.82) is 0 Å². The van der Waals surface area contributed by atoms with Gasteiger partial charge in [0.15, 0.2) is 0 Å². The van der Waals surface area contributed by atoms with Gasteiger partial charge >= 0.3 is 0 Å². The lowest BCUT2D eigenvalue weighted by molar-refractivity contribution is -0.128. The van der Waals surface area contributed by atoms with E-state index in [4.69, 9.17) is 5.73 Å². The number of amides is 1. The van der Waals surface area contributed by atoms with E-state index in [0.717, 1.165) is 5.56 Å². The maximum atomic E-state index is 13.0. The summed E-state index contributed by atoms with van der Waals surface area (Å²) in [6.45, 7) is 0. The van der Waals surface area contributed by atoms with E-state index in [1.807, 2.05) is 6.07 Å². The summed E-state index contributed by atoms with van der Waals surface area (Å²) in [4.78, 5) is 13.1. The Hall–Kier alpha value is -1.42. The zero-order chi connectivity index (χ0) is 11.0. The van der Waals surface area contributed by atoms with Crippen LogP contribution in [0.25, 0.3) is 0 Å². The third-order valence-electron chi connectivity index (χ3n) is 2.84. The van der Waals surface area contributed by atoms with Gasteiger partial charge in [-0.1, -0.05) is 12.1 Å². The molecule has 0 unspecified atom stereocenters. The molecule has 1 heterocycles. The molecule has 0 aliphatic carbocycles. The zero-order valence-electron chi connectivity index (χ0n) is 8.48. The van der Waals surface area contributed by atoms with Crippen LogP contribution >= 0.6 is 0 Å². The molecule has 1 saturated heterocycles. The number of hydrogen-bond acceptors (Lipinski definition) is 2. The number of benzene rings is 1. The number of hydrogen-bond donors (Lipinski definition) is 1. The number of carbonyl (C=O) groups excluding carboxylic acids is 1. The minimum absolute atomic E-state index is 0.0794. The molecule has 0 radical (unpaired) electrons. The first kappa shape index (κ1) is 10.1. The van der Waals surface area contributed by atoms with Gasteiger partial charge in [-0.2, -0.15) is 0 Å². The molecule has 1 amide bonds. The minimum atomic E-state index is -0.455. The van der Waals surface area contributed by atoms with Gasteiger partial charge < -0.3 is 10.6 Å². The molecule has 0 spiro atoms. The van der Waals surface area contributed by atoms with Crippen molar-refractivity contribution in [3.8, 4) is 0 Å². The monoisotopic (exact) mass is 208 g/mol. The average Bonchev–Trinajstić information content (AvgIpc) is 2.46. The quantitative estimate of drug-likeness (QED) is 0.750. The number of rotatable bonds is 1. The Morgan fingerprint density at radius 2 is 2.27 bits per heavy atom. The van der Waals surface area contributed by atoms with E-state index in [0.29, 0.717) is 6.42 Å². The van der Waals surface area contributed by atoms with Crippen LogP contribution in [-0.2, 0) is 4.79 Å². The molecular weight excluding hydrogens is 195 g/mol. The van der Waals surface area contributed by atoms with E-state index in [1.165, 1.54) is 12.1 Å². The molecule has 0 bridgehead atoms. The topological polar surface area (TPSA) is 46.3 Å². The highest BCUT2D eigenvalue weighted by Gasteiger charge is 2.35. The van der Waals surface area contributed by atoms with Gasteiger partial charge in [-0.05, 0) is 24.1 Å². The first-order valence-electron chi connectivity index (χ1n) is 4.87.